The third kappa shape index (κ3) is 5.67. The van der Waals surface area contributed by atoms with Crippen molar-refractivity contribution >= 4 is 40.9 Å². The van der Waals surface area contributed by atoms with Gasteiger partial charge in [0, 0.05) is 42.8 Å². The van der Waals surface area contributed by atoms with E-state index in [0.717, 1.165) is 38.7 Å². The van der Waals surface area contributed by atoms with Crippen LogP contribution in [0.5, 0.6) is 0 Å². The SMILES string of the molecule is Cc1cc(C)c(NC(=O)CN(C)C(=O)CCC(=O)N2CCSc3ccccc32)c(C)c1. The lowest BCUT2D eigenvalue weighted by Gasteiger charge is -2.29. The Kier molecular flexibility index (Phi) is 7.38. The minimum absolute atomic E-state index is 0.0526. The zero-order valence-electron chi connectivity index (χ0n) is 18.5. The molecule has 31 heavy (non-hydrogen) atoms. The number of fused-ring (bicyclic) bond motifs is 1. The van der Waals surface area contributed by atoms with Gasteiger partial charge in [0.25, 0.3) is 0 Å². The van der Waals surface area contributed by atoms with Crippen molar-refractivity contribution < 1.29 is 14.4 Å². The fraction of sp³-hybridized carbons (Fsp3) is 0.375. The number of aryl methyl sites for hydroxylation is 3. The highest BCUT2D eigenvalue weighted by Gasteiger charge is 2.24. The summed E-state index contributed by atoms with van der Waals surface area (Å²) in [5.74, 6) is 0.304. The number of nitrogens with one attached hydrogen (secondary N) is 1. The number of likely N-dealkylation sites (N-methyl/N-ethyl adjacent to an activating group) is 1. The topological polar surface area (TPSA) is 69.7 Å². The third-order valence-electron chi connectivity index (χ3n) is 5.33. The van der Waals surface area contributed by atoms with Gasteiger partial charge in [0.2, 0.25) is 17.7 Å². The molecule has 2 aromatic carbocycles. The molecule has 6 nitrogen and oxygen atoms in total. The van der Waals surface area contributed by atoms with Crippen LogP contribution in [0.3, 0.4) is 0 Å². The van der Waals surface area contributed by atoms with Crippen LogP contribution in [0.4, 0.5) is 11.4 Å². The van der Waals surface area contributed by atoms with Gasteiger partial charge in [-0.1, -0.05) is 29.8 Å². The lowest BCUT2D eigenvalue weighted by molar-refractivity contribution is -0.134. The van der Waals surface area contributed by atoms with Crippen molar-refractivity contribution in [1.82, 2.24) is 4.90 Å². The second-order valence-electron chi connectivity index (χ2n) is 7.93. The van der Waals surface area contributed by atoms with E-state index in [2.05, 4.69) is 5.32 Å². The highest BCUT2D eigenvalue weighted by molar-refractivity contribution is 7.99. The van der Waals surface area contributed by atoms with E-state index in [4.69, 9.17) is 0 Å². The van der Waals surface area contributed by atoms with Gasteiger partial charge >= 0.3 is 0 Å². The fourth-order valence-electron chi connectivity index (χ4n) is 3.83. The van der Waals surface area contributed by atoms with Crippen molar-refractivity contribution in [2.24, 2.45) is 0 Å². The molecule has 3 rings (SSSR count). The maximum absolute atomic E-state index is 12.7. The molecule has 3 amide bonds. The van der Waals surface area contributed by atoms with Crippen molar-refractivity contribution in [2.45, 2.75) is 38.5 Å². The number of benzene rings is 2. The summed E-state index contributed by atoms with van der Waals surface area (Å²) in [5, 5.41) is 2.91. The molecule has 0 spiro atoms. The minimum Gasteiger partial charge on any atom is -0.336 e. The Hall–Kier alpha value is -2.80. The highest BCUT2D eigenvalue weighted by Crippen LogP contribution is 2.34. The van der Waals surface area contributed by atoms with E-state index in [-0.39, 0.29) is 37.1 Å². The van der Waals surface area contributed by atoms with Gasteiger partial charge in [-0.3, -0.25) is 14.4 Å². The van der Waals surface area contributed by atoms with Crippen LogP contribution in [0, 0.1) is 20.8 Å². The smallest absolute Gasteiger partial charge is 0.243 e. The van der Waals surface area contributed by atoms with Crippen molar-refractivity contribution in [2.75, 3.05) is 36.1 Å². The zero-order valence-corrected chi connectivity index (χ0v) is 19.3. The summed E-state index contributed by atoms with van der Waals surface area (Å²) in [6, 6.07) is 11.9. The highest BCUT2D eigenvalue weighted by atomic mass is 32.2. The predicted octanol–water partition coefficient (Wildman–Crippen LogP) is 3.93. The molecule has 1 aliphatic rings. The van der Waals surface area contributed by atoms with E-state index in [1.165, 1.54) is 4.90 Å². The first-order valence-corrected chi connectivity index (χ1v) is 11.4. The normalized spacial score (nSPS) is 12.8. The van der Waals surface area contributed by atoms with Gasteiger partial charge in [0.15, 0.2) is 0 Å². The quantitative estimate of drug-likeness (QED) is 0.741. The van der Waals surface area contributed by atoms with E-state index in [1.807, 2.05) is 57.2 Å². The Balaban J connectivity index is 1.52. The maximum Gasteiger partial charge on any atom is 0.243 e. The molecule has 0 unspecified atom stereocenters. The van der Waals surface area contributed by atoms with Gasteiger partial charge in [-0.15, -0.1) is 11.8 Å². The van der Waals surface area contributed by atoms with Gasteiger partial charge in [-0.2, -0.15) is 0 Å². The van der Waals surface area contributed by atoms with E-state index < -0.39 is 0 Å². The Morgan fingerprint density at radius 2 is 1.74 bits per heavy atom. The molecule has 0 saturated heterocycles. The molecule has 0 bridgehead atoms. The average Bonchev–Trinajstić information content (AvgIpc) is 2.73. The summed E-state index contributed by atoms with van der Waals surface area (Å²) >= 11 is 1.74. The van der Waals surface area contributed by atoms with Gasteiger partial charge in [0.05, 0.1) is 12.2 Å². The molecule has 0 aromatic heterocycles. The molecule has 1 aliphatic heterocycles. The van der Waals surface area contributed by atoms with E-state index in [9.17, 15) is 14.4 Å². The summed E-state index contributed by atoms with van der Waals surface area (Å²) in [7, 11) is 1.59. The standard InChI is InChI=1S/C24H29N3O3S/c1-16-13-17(2)24(18(3)14-16)25-21(28)15-26(4)22(29)9-10-23(30)27-11-12-31-20-8-6-5-7-19(20)27/h5-8,13-14H,9-12,15H2,1-4H3,(H,25,28). The molecular weight excluding hydrogens is 410 g/mol. The van der Waals surface area contributed by atoms with Crippen LogP contribution < -0.4 is 10.2 Å². The molecule has 0 radical (unpaired) electrons. The van der Waals surface area contributed by atoms with Crippen molar-refractivity contribution in [1.29, 1.82) is 0 Å². The van der Waals surface area contributed by atoms with E-state index in [1.54, 1.807) is 23.7 Å². The summed E-state index contributed by atoms with van der Waals surface area (Å²) in [4.78, 5) is 41.9. The Labute approximate surface area is 188 Å². The van der Waals surface area contributed by atoms with E-state index in [0.29, 0.717) is 6.54 Å². The first kappa shape index (κ1) is 22.9. The molecule has 2 aromatic rings. The second kappa shape index (κ2) is 10.0. The minimum atomic E-state index is -0.251. The van der Waals surface area contributed by atoms with Gasteiger partial charge in [-0.05, 0) is 44.0 Å². The average molecular weight is 440 g/mol. The fourth-order valence-corrected chi connectivity index (χ4v) is 4.82. The number of carbonyl (C=O) groups is 3. The molecule has 0 saturated carbocycles. The Bertz CT molecular complexity index is 982. The van der Waals surface area contributed by atoms with Gasteiger partial charge in [0.1, 0.15) is 0 Å². The lowest BCUT2D eigenvalue weighted by Crippen LogP contribution is -2.38. The predicted molar refractivity (Wildman–Crippen MR) is 126 cm³/mol. The lowest BCUT2D eigenvalue weighted by atomic mass is 10.1. The number of rotatable bonds is 6. The molecule has 1 N–H and O–H groups in total. The zero-order chi connectivity index (χ0) is 22.5. The maximum atomic E-state index is 12.7. The third-order valence-corrected chi connectivity index (χ3v) is 6.37. The van der Waals surface area contributed by atoms with Crippen LogP contribution in [0.25, 0.3) is 0 Å². The number of amides is 3. The summed E-state index contributed by atoms with van der Waals surface area (Å²) in [5.41, 5.74) is 4.82. The first-order valence-electron chi connectivity index (χ1n) is 10.4. The van der Waals surface area contributed by atoms with Crippen LogP contribution in [-0.2, 0) is 14.4 Å². The Morgan fingerprint density at radius 3 is 2.45 bits per heavy atom. The summed E-state index contributed by atoms with van der Waals surface area (Å²) in [6.07, 6.45) is 0.205. The van der Waals surface area contributed by atoms with Crippen LogP contribution >= 0.6 is 11.8 Å². The number of carbonyl (C=O) groups excluding carboxylic acids is 3. The number of nitrogens with zero attached hydrogens (tertiary/aromatic N) is 2. The van der Waals surface area contributed by atoms with E-state index >= 15 is 0 Å². The van der Waals surface area contributed by atoms with Crippen molar-refractivity contribution in [3.8, 4) is 0 Å². The molecule has 0 aliphatic carbocycles. The monoisotopic (exact) mass is 439 g/mol. The molecule has 0 atom stereocenters. The van der Waals surface area contributed by atoms with Gasteiger partial charge in [-0.25, -0.2) is 0 Å². The molecule has 7 heteroatoms. The molecule has 164 valence electrons. The van der Waals surface area contributed by atoms with Crippen LogP contribution in [0.15, 0.2) is 41.3 Å². The first-order chi connectivity index (χ1) is 14.8. The number of anilines is 2. The summed E-state index contributed by atoms with van der Waals surface area (Å²) in [6.45, 7) is 6.51. The van der Waals surface area contributed by atoms with Crippen molar-refractivity contribution in [3.05, 3.63) is 53.1 Å². The van der Waals surface area contributed by atoms with Crippen molar-refractivity contribution in [3.63, 3.8) is 0 Å². The number of hydrogen-bond acceptors (Lipinski definition) is 4. The molecule has 0 fully saturated rings. The molecular formula is C24H29N3O3S. The largest absolute Gasteiger partial charge is 0.336 e. The second-order valence-corrected chi connectivity index (χ2v) is 9.07. The molecule has 1 heterocycles. The number of thioether (sulfide) groups is 1. The van der Waals surface area contributed by atoms with Gasteiger partial charge < -0.3 is 15.1 Å². The number of para-hydroxylation sites is 1. The van der Waals surface area contributed by atoms with Crippen LogP contribution in [0.1, 0.15) is 29.5 Å². The number of hydrogen-bond donors (Lipinski definition) is 1. The summed E-state index contributed by atoms with van der Waals surface area (Å²) < 4.78 is 0. The van der Waals surface area contributed by atoms with Crippen LogP contribution in [-0.4, -0.2) is 48.5 Å². The van der Waals surface area contributed by atoms with Crippen LogP contribution in [0.2, 0.25) is 0 Å². The Morgan fingerprint density at radius 1 is 1.06 bits per heavy atom.